The molecule has 5 nitrogen and oxygen atoms in total. The van der Waals surface area contributed by atoms with Gasteiger partial charge >= 0.3 is 0 Å². The van der Waals surface area contributed by atoms with Crippen molar-refractivity contribution in [3.63, 3.8) is 0 Å². The van der Waals surface area contributed by atoms with Crippen LogP contribution in [-0.2, 0) is 10.0 Å². The lowest BCUT2D eigenvalue weighted by atomic mass is 10.3. The maximum Gasteiger partial charge on any atom is 0.283 e. The van der Waals surface area contributed by atoms with Crippen LogP contribution in [0, 0.1) is 5.82 Å². The van der Waals surface area contributed by atoms with E-state index in [1.165, 1.54) is 31.4 Å². The fourth-order valence-corrected chi connectivity index (χ4v) is 3.06. The van der Waals surface area contributed by atoms with E-state index >= 15 is 0 Å². The molecule has 0 aliphatic carbocycles. The molecule has 0 unspecified atom stereocenters. The van der Waals surface area contributed by atoms with Gasteiger partial charge in [0.15, 0.2) is 5.03 Å². The Kier molecular flexibility index (Phi) is 3.89. The third kappa shape index (κ3) is 2.44. The third-order valence-corrected chi connectivity index (χ3v) is 4.57. The zero-order chi connectivity index (χ0) is 14.8. The summed E-state index contributed by atoms with van der Waals surface area (Å²) >= 11 is 0. The van der Waals surface area contributed by atoms with Crippen molar-refractivity contribution in [2.75, 3.05) is 23.7 Å². The van der Waals surface area contributed by atoms with Crippen molar-refractivity contribution in [3.05, 3.63) is 48.4 Å². The Bertz CT molecular complexity index is 719. The molecule has 7 heteroatoms. The molecule has 2 rings (SSSR count). The van der Waals surface area contributed by atoms with Crippen LogP contribution in [-0.4, -0.2) is 27.5 Å². The lowest BCUT2D eigenvalue weighted by Crippen LogP contribution is -2.28. The first-order valence-electron chi connectivity index (χ1n) is 5.84. The molecule has 0 bridgehead atoms. The summed E-state index contributed by atoms with van der Waals surface area (Å²) in [7, 11) is -1.05. The van der Waals surface area contributed by atoms with Gasteiger partial charge in [0, 0.05) is 20.3 Å². The first-order chi connectivity index (χ1) is 9.48. The van der Waals surface area contributed by atoms with Crippen molar-refractivity contribution in [2.24, 2.45) is 0 Å². The average Bonchev–Trinajstić information content (AvgIpc) is 2.47. The molecule has 0 saturated heterocycles. The van der Waals surface area contributed by atoms with Crippen molar-refractivity contribution in [3.8, 4) is 0 Å². The summed E-state index contributed by atoms with van der Waals surface area (Å²) in [6.45, 7) is 0. The van der Waals surface area contributed by atoms with Crippen molar-refractivity contribution in [2.45, 2.75) is 5.03 Å². The van der Waals surface area contributed by atoms with Gasteiger partial charge in [-0.2, -0.15) is 8.42 Å². The molecular formula is C13H14FN3O2S. The highest BCUT2D eigenvalue weighted by atomic mass is 32.2. The highest BCUT2D eigenvalue weighted by molar-refractivity contribution is 7.92. The number of hydrogen-bond acceptors (Lipinski definition) is 4. The molecule has 0 radical (unpaired) electrons. The van der Waals surface area contributed by atoms with Crippen molar-refractivity contribution < 1.29 is 12.8 Å². The Balaban J connectivity index is 2.53. The number of aromatic nitrogens is 1. The fraction of sp³-hybridized carbons (Fsp3) is 0.154. The number of halogens is 1. The Morgan fingerprint density at radius 3 is 2.55 bits per heavy atom. The van der Waals surface area contributed by atoms with E-state index in [-0.39, 0.29) is 10.7 Å². The van der Waals surface area contributed by atoms with Crippen LogP contribution >= 0.6 is 0 Å². The fourth-order valence-electron chi connectivity index (χ4n) is 1.75. The van der Waals surface area contributed by atoms with Crippen LogP contribution in [0.25, 0.3) is 0 Å². The lowest BCUT2D eigenvalue weighted by molar-refractivity contribution is 0.586. The van der Waals surface area contributed by atoms with Crippen LogP contribution < -0.4 is 9.62 Å². The molecule has 0 spiro atoms. The van der Waals surface area contributed by atoms with Gasteiger partial charge in [0.05, 0.1) is 11.4 Å². The van der Waals surface area contributed by atoms with E-state index < -0.39 is 15.8 Å². The summed E-state index contributed by atoms with van der Waals surface area (Å²) < 4.78 is 39.6. The molecule has 20 heavy (non-hydrogen) atoms. The Hall–Kier alpha value is -2.15. The number of anilines is 2. The number of hydrogen-bond donors (Lipinski definition) is 1. The highest BCUT2D eigenvalue weighted by Crippen LogP contribution is 2.26. The molecular weight excluding hydrogens is 281 g/mol. The first kappa shape index (κ1) is 14.3. The van der Waals surface area contributed by atoms with E-state index in [1.54, 1.807) is 25.2 Å². The molecule has 0 atom stereocenters. The monoisotopic (exact) mass is 295 g/mol. The smallest absolute Gasteiger partial charge is 0.283 e. The van der Waals surface area contributed by atoms with Crippen LogP contribution in [0.15, 0.2) is 47.6 Å². The maximum atomic E-state index is 13.7. The number of pyridine rings is 1. The minimum atomic E-state index is -3.94. The van der Waals surface area contributed by atoms with E-state index in [0.29, 0.717) is 5.69 Å². The van der Waals surface area contributed by atoms with E-state index in [0.717, 1.165) is 4.31 Å². The quantitative estimate of drug-likeness (QED) is 0.938. The van der Waals surface area contributed by atoms with Crippen LogP contribution in [0.4, 0.5) is 15.8 Å². The van der Waals surface area contributed by atoms with Crippen LogP contribution in [0.1, 0.15) is 0 Å². The number of nitrogens with zero attached hydrogens (tertiary/aromatic N) is 2. The molecule has 1 aromatic carbocycles. The molecule has 0 aliphatic rings. The number of rotatable bonds is 4. The molecule has 1 aromatic heterocycles. The minimum absolute atomic E-state index is 0.0276. The van der Waals surface area contributed by atoms with E-state index in [2.05, 4.69) is 10.3 Å². The second kappa shape index (κ2) is 5.46. The second-order valence-corrected chi connectivity index (χ2v) is 5.91. The summed E-state index contributed by atoms with van der Waals surface area (Å²) in [5.41, 5.74) is 0.330. The Labute approximate surface area is 117 Å². The van der Waals surface area contributed by atoms with Crippen LogP contribution in [0.3, 0.4) is 0 Å². The van der Waals surface area contributed by atoms with Gasteiger partial charge in [-0.15, -0.1) is 0 Å². The standard InChI is InChI=1S/C13H14FN3O2S/c1-15-11-7-5-9-16-13(11)20(18,19)17(2)12-8-4-3-6-10(12)14/h3-9,15H,1-2H3. The molecule has 0 saturated carbocycles. The van der Waals surface area contributed by atoms with Crippen molar-refractivity contribution >= 4 is 21.4 Å². The zero-order valence-corrected chi connectivity index (χ0v) is 11.9. The maximum absolute atomic E-state index is 13.7. The van der Waals surface area contributed by atoms with Gasteiger partial charge in [-0.05, 0) is 24.3 Å². The summed E-state index contributed by atoms with van der Waals surface area (Å²) in [4.78, 5) is 3.88. The third-order valence-electron chi connectivity index (χ3n) is 2.84. The van der Waals surface area contributed by atoms with Gasteiger partial charge in [-0.3, -0.25) is 4.31 Å². The Morgan fingerprint density at radius 1 is 1.20 bits per heavy atom. The van der Waals surface area contributed by atoms with Gasteiger partial charge in [-0.1, -0.05) is 12.1 Å². The predicted octanol–water partition coefficient (Wildman–Crippen LogP) is 2.09. The van der Waals surface area contributed by atoms with E-state index in [1.807, 2.05) is 0 Å². The van der Waals surface area contributed by atoms with Gasteiger partial charge in [0.2, 0.25) is 0 Å². The summed E-state index contributed by atoms with van der Waals surface area (Å²) in [5.74, 6) is -0.611. The molecule has 1 heterocycles. The zero-order valence-electron chi connectivity index (χ0n) is 11.0. The minimum Gasteiger partial charge on any atom is -0.386 e. The van der Waals surface area contributed by atoms with Gasteiger partial charge < -0.3 is 5.32 Å². The number of nitrogens with one attached hydrogen (secondary N) is 1. The summed E-state index contributed by atoms with van der Waals surface area (Å²) in [5, 5.41) is 2.62. The van der Waals surface area contributed by atoms with E-state index in [4.69, 9.17) is 0 Å². The van der Waals surface area contributed by atoms with Crippen LogP contribution in [0.2, 0.25) is 0 Å². The summed E-state index contributed by atoms with van der Waals surface area (Å²) in [6.07, 6.45) is 1.38. The number of para-hydroxylation sites is 1. The van der Waals surface area contributed by atoms with Gasteiger partial charge in [0.25, 0.3) is 10.0 Å². The highest BCUT2D eigenvalue weighted by Gasteiger charge is 2.27. The average molecular weight is 295 g/mol. The largest absolute Gasteiger partial charge is 0.386 e. The number of benzene rings is 1. The molecule has 0 fully saturated rings. The normalized spacial score (nSPS) is 11.2. The summed E-state index contributed by atoms with van der Waals surface area (Å²) in [6, 6.07) is 8.89. The SMILES string of the molecule is CNc1cccnc1S(=O)(=O)N(C)c1ccccc1F. The van der Waals surface area contributed by atoms with Crippen molar-refractivity contribution in [1.29, 1.82) is 0 Å². The second-order valence-electron chi connectivity index (χ2n) is 4.03. The molecule has 1 N–H and O–H groups in total. The molecule has 0 aliphatic heterocycles. The lowest BCUT2D eigenvalue weighted by Gasteiger charge is -2.20. The first-order valence-corrected chi connectivity index (χ1v) is 7.28. The van der Waals surface area contributed by atoms with Gasteiger partial charge in [0.1, 0.15) is 5.82 Å². The van der Waals surface area contributed by atoms with Crippen molar-refractivity contribution in [1.82, 2.24) is 4.98 Å². The number of sulfonamides is 1. The molecule has 0 amide bonds. The van der Waals surface area contributed by atoms with Gasteiger partial charge in [-0.25, -0.2) is 9.37 Å². The molecule has 106 valence electrons. The topological polar surface area (TPSA) is 62.3 Å². The Morgan fingerprint density at radius 2 is 1.90 bits per heavy atom. The predicted molar refractivity (Wildman–Crippen MR) is 75.8 cm³/mol. The molecule has 2 aromatic rings. The van der Waals surface area contributed by atoms with E-state index in [9.17, 15) is 12.8 Å². The van der Waals surface area contributed by atoms with Crippen LogP contribution in [0.5, 0.6) is 0 Å².